The van der Waals surface area contributed by atoms with Gasteiger partial charge in [0.25, 0.3) is 0 Å². The predicted molar refractivity (Wildman–Crippen MR) is 88.7 cm³/mol. The van der Waals surface area contributed by atoms with Gasteiger partial charge in [-0.25, -0.2) is 24.7 Å². The molecule has 1 atom stereocenters. The van der Waals surface area contributed by atoms with Crippen LogP contribution in [0, 0.1) is 6.92 Å². The standard InChI is InChI=1S/C15H21N7O2/c1-9(19-14(23)24-15(3,4)5)13-20-10(2)21-22(13)12-7-11(16-6)17-8-18-12/h7-9H,6H2,1-5H3,(H,19,23)/t9-/m0/s1. The molecule has 2 heterocycles. The van der Waals surface area contributed by atoms with Crippen LogP contribution in [0.1, 0.15) is 45.4 Å². The van der Waals surface area contributed by atoms with E-state index in [-0.39, 0.29) is 0 Å². The average Bonchev–Trinajstić information content (AvgIpc) is 2.87. The Morgan fingerprint density at radius 2 is 2.12 bits per heavy atom. The van der Waals surface area contributed by atoms with Gasteiger partial charge in [-0.1, -0.05) is 0 Å². The van der Waals surface area contributed by atoms with Crippen molar-refractivity contribution in [3.63, 3.8) is 0 Å². The van der Waals surface area contributed by atoms with Crippen LogP contribution in [0.4, 0.5) is 10.6 Å². The van der Waals surface area contributed by atoms with Crippen LogP contribution in [0.2, 0.25) is 0 Å². The van der Waals surface area contributed by atoms with Crippen LogP contribution in [0.5, 0.6) is 0 Å². The number of amides is 1. The third kappa shape index (κ3) is 4.34. The van der Waals surface area contributed by atoms with E-state index in [1.807, 2.05) is 0 Å². The van der Waals surface area contributed by atoms with Crippen molar-refractivity contribution < 1.29 is 9.53 Å². The first kappa shape index (κ1) is 17.5. The fourth-order valence-electron chi connectivity index (χ4n) is 1.97. The number of hydrogen-bond donors (Lipinski definition) is 1. The number of carbonyl (C=O) groups excluding carboxylic acids is 1. The van der Waals surface area contributed by atoms with Crippen LogP contribution in [0.25, 0.3) is 5.82 Å². The number of nitrogens with zero attached hydrogens (tertiary/aromatic N) is 6. The molecule has 1 amide bonds. The van der Waals surface area contributed by atoms with Crippen molar-refractivity contribution in [2.45, 2.75) is 46.3 Å². The quantitative estimate of drug-likeness (QED) is 0.861. The molecular formula is C15H21N7O2. The van der Waals surface area contributed by atoms with Gasteiger partial charge in [-0.2, -0.15) is 4.68 Å². The van der Waals surface area contributed by atoms with Gasteiger partial charge in [0.15, 0.2) is 17.5 Å². The van der Waals surface area contributed by atoms with E-state index < -0.39 is 17.7 Å². The Balaban J connectivity index is 2.27. The first-order valence-corrected chi connectivity index (χ1v) is 7.42. The highest BCUT2D eigenvalue weighted by atomic mass is 16.6. The number of rotatable bonds is 4. The maximum absolute atomic E-state index is 12.0. The van der Waals surface area contributed by atoms with Crippen LogP contribution in [-0.2, 0) is 4.74 Å². The van der Waals surface area contributed by atoms with Gasteiger partial charge < -0.3 is 10.1 Å². The lowest BCUT2D eigenvalue weighted by Gasteiger charge is -2.21. The summed E-state index contributed by atoms with van der Waals surface area (Å²) in [4.78, 5) is 28.2. The highest BCUT2D eigenvalue weighted by molar-refractivity contribution is 5.68. The van der Waals surface area contributed by atoms with Crippen molar-refractivity contribution in [2.75, 3.05) is 0 Å². The number of alkyl carbamates (subject to hydrolysis) is 1. The topological polar surface area (TPSA) is 107 Å². The molecule has 2 rings (SSSR count). The predicted octanol–water partition coefficient (Wildman–Crippen LogP) is 2.28. The third-order valence-electron chi connectivity index (χ3n) is 2.88. The zero-order valence-corrected chi connectivity index (χ0v) is 14.4. The van der Waals surface area contributed by atoms with Crippen LogP contribution >= 0.6 is 0 Å². The molecule has 2 aromatic heterocycles. The molecular weight excluding hydrogens is 310 g/mol. The molecule has 9 nitrogen and oxygen atoms in total. The molecule has 128 valence electrons. The Hall–Kier alpha value is -2.84. The maximum atomic E-state index is 12.0. The first-order valence-electron chi connectivity index (χ1n) is 7.42. The molecule has 0 saturated carbocycles. The van der Waals surface area contributed by atoms with Gasteiger partial charge in [0, 0.05) is 6.07 Å². The average molecular weight is 331 g/mol. The van der Waals surface area contributed by atoms with E-state index >= 15 is 0 Å². The fraction of sp³-hybridized carbons (Fsp3) is 0.467. The van der Waals surface area contributed by atoms with Crippen LogP contribution in [0.3, 0.4) is 0 Å². The molecule has 1 N–H and O–H groups in total. The van der Waals surface area contributed by atoms with Crippen LogP contribution in [0.15, 0.2) is 17.4 Å². The normalized spacial score (nSPS) is 12.5. The second-order valence-corrected chi connectivity index (χ2v) is 6.19. The van der Waals surface area contributed by atoms with E-state index in [1.54, 1.807) is 40.7 Å². The van der Waals surface area contributed by atoms with Gasteiger partial charge in [-0.3, -0.25) is 0 Å². The van der Waals surface area contributed by atoms with E-state index in [1.165, 1.54) is 11.0 Å². The summed E-state index contributed by atoms with van der Waals surface area (Å²) in [5.74, 6) is 1.98. The first-order chi connectivity index (χ1) is 11.2. The number of ether oxygens (including phenoxy) is 1. The second kappa shape index (κ2) is 6.73. The number of aryl methyl sites for hydroxylation is 1. The zero-order valence-electron chi connectivity index (χ0n) is 14.4. The summed E-state index contributed by atoms with van der Waals surface area (Å²) in [7, 11) is 0. The molecule has 9 heteroatoms. The lowest BCUT2D eigenvalue weighted by atomic mass is 10.2. The van der Waals surface area contributed by atoms with E-state index in [0.29, 0.717) is 23.3 Å². The van der Waals surface area contributed by atoms with Crippen LogP contribution < -0.4 is 5.32 Å². The molecule has 0 aromatic carbocycles. The highest BCUT2D eigenvalue weighted by Gasteiger charge is 2.22. The smallest absolute Gasteiger partial charge is 0.408 e. The molecule has 0 saturated heterocycles. The van der Waals surface area contributed by atoms with Crippen molar-refractivity contribution in [3.8, 4) is 5.82 Å². The Morgan fingerprint density at radius 1 is 1.42 bits per heavy atom. The van der Waals surface area contributed by atoms with E-state index in [4.69, 9.17) is 4.74 Å². The van der Waals surface area contributed by atoms with Crippen molar-refractivity contribution >= 4 is 18.6 Å². The summed E-state index contributed by atoms with van der Waals surface area (Å²) >= 11 is 0. The molecule has 0 fully saturated rings. The zero-order chi connectivity index (χ0) is 17.9. The fourth-order valence-corrected chi connectivity index (χ4v) is 1.97. The summed E-state index contributed by atoms with van der Waals surface area (Å²) in [6.07, 6.45) is 0.838. The molecule has 0 aliphatic rings. The number of nitrogens with one attached hydrogen (secondary N) is 1. The molecule has 0 bridgehead atoms. The molecule has 24 heavy (non-hydrogen) atoms. The Bertz CT molecular complexity index is 749. The van der Waals surface area contributed by atoms with E-state index in [2.05, 4.69) is 37.1 Å². The Morgan fingerprint density at radius 3 is 2.75 bits per heavy atom. The lowest BCUT2D eigenvalue weighted by molar-refractivity contribution is 0.0505. The summed E-state index contributed by atoms with van der Waals surface area (Å²) < 4.78 is 6.80. The third-order valence-corrected chi connectivity index (χ3v) is 2.88. The van der Waals surface area contributed by atoms with Gasteiger partial charge in [-0.05, 0) is 41.3 Å². The van der Waals surface area contributed by atoms with Crippen LogP contribution in [-0.4, -0.2) is 43.1 Å². The summed E-state index contributed by atoms with van der Waals surface area (Å²) in [6, 6.07) is 1.20. The second-order valence-electron chi connectivity index (χ2n) is 6.19. The highest BCUT2D eigenvalue weighted by Crippen LogP contribution is 2.17. The number of carbonyl (C=O) groups is 1. The van der Waals surface area contributed by atoms with Crippen molar-refractivity contribution in [2.24, 2.45) is 4.99 Å². The molecule has 0 aliphatic carbocycles. The molecule has 0 aliphatic heterocycles. The maximum Gasteiger partial charge on any atom is 0.408 e. The Labute approximate surface area is 140 Å². The van der Waals surface area contributed by atoms with Crippen molar-refractivity contribution in [3.05, 3.63) is 24.0 Å². The molecule has 2 aromatic rings. The van der Waals surface area contributed by atoms with E-state index in [9.17, 15) is 4.79 Å². The SMILES string of the molecule is C=Nc1cc(-n2nc(C)nc2[C@H](C)NC(=O)OC(C)(C)C)ncn1. The van der Waals surface area contributed by atoms with Gasteiger partial charge in [0.05, 0.1) is 6.04 Å². The summed E-state index contributed by atoms with van der Waals surface area (Å²) in [5, 5.41) is 7.06. The van der Waals surface area contributed by atoms with Gasteiger partial charge in [-0.15, -0.1) is 5.10 Å². The van der Waals surface area contributed by atoms with Crippen molar-refractivity contribution in [1.29, 1.82) is 0 Å². The van der Waals surface area contributed by atoms with E-state index in [0.717, 1.165) is 0 Å². The van der Waals surface area contributed by atoms with Gasteiger partial charge >= 0.3 is 6.09 Å². The minimum Gasteiger partial charge on any atom is -0.444 e. The van der Waals surface area contributed by atoms with Crippen molar-refractivity contribution in [1.82, 2.24) is 30.0 Å². The number of aliphatic imine (C=N–C) groups is 1. The van der Waals surface area contributed by atoms with Gasteiger partial charge in [0.2, 0.25) is 0 Å². The molecule has 0 unspecified atom stereocenters. The largest absolute Gasteiger partial charge is 0.444 e. The summed E-state index contributed by atoms with van der Waals surface area (Å²) in [6.45, 7) is 12.4. The molecule has 0 spiro atoms. The minimum absolute atomic E-state index is 0.423. The lowest BCUT2D eigenvalue weighted by Crippen LogP contribution is -2.35. The molecule has 0 radical (unpaired) electrons. The number of aromatic nitrogens is 5. The minimum atomic E-state index is -0.579. The van der Waals surface area contributed by atoms with Gasteiger partial charge in [0.1, 0.15) is 17.8 Å². The monoisotopic (exact) mass is 331 g/mol. The summed E-state index contributed by atoms with van der Waals surface area (Å²) in [5.41, 5.74) is -0.579. The number of hydrogen-bond acceptors (Lipinski definition) is 7. The Kier molecular flexibility index (Phi) is 4.91.